The quantitative estimate of drug-likeness (QED) is 0.685. The van der Waals surface area contributed by atoms with E-state index in [9.17, 15) is 9.59 Å². The number of rotatable bonds is 3. The van der Waals surface area contributed by atoms with E-state index in [1.165, 1.54) is 4.90 Å². The first-order chi connectivity index (χ1) is 10.0. The summed E-state index contributed by atoms with van der Waals surface area (Å²) in [4.78, 5) is 26.0. The van der Waals surface area contributed by atoms with Crippen LogP contribution in [0, 0.1) is 6.92 Å². The predicted molar refractivity (Wildman–Crippen MR) is 77.7 cm³/mol. The van der Waals surface area contributed by atoms with Crippen molar-refractivity contribution in [3.8, 4) is 0 Å². The molecule has 2 N–H and O–H groups in total. The molecule has 1 aromatic carbocycles. The van der Waals surface area contributed by atoms with Crippen LogP contribution in [-0.2, 0) is 13.1 Å². The van der Waals surface area contributed by atoms with Crippen molar-refractivity contribution in [2.75, 3.05) is 5.73 Å². The Morgan fingerprint density at radius 2 is 1.86 bits per heavy atom. The van der Waals surface area contributed by atoms with Crippen molar-refractivity contribution in [1.82, 2.24) is 14.7 Å². The Balaban J connectivity index is 1.95. The fourth-order valence-electron chi connectivity index (χ4n) is 2.61. The van der Waals surface area contributed by atoms with Gasteiger partial charge in [0.25, 0.3) is 11.8 Å². The number of amides is 2. The molecule has 0 unspecified atom stereocenters. The lowest BCUT2D eigenvalue weighted by Crippen LogP contribution is -2.30. The molecule has 0 atom stereocenters. The lowest BCUT2D eigenvalue weighted by Gasteiger charge is -2.14. The van der Waals surface area contributed by atoms with Gasteiger partial charge in [0.1, 0.15) is 0 Å². The molecule has 0 radical (unpaired) electrons. The average molecular weight is 284 g/mol. The Morgan fingerprint density at radius 1 is 1.14 bits per heavy atom. The van der Waals surface area contributed by atoms with Gasteiger partial charge in [-0.05, 0) is 38.1 Å². The number of carbonyl (C=O) groups excluding carboxylic acids is 2. The van der Waals surface area contributed by atoms with E-state index >= 15 is 0 Å². The second kappa shape index (κ2) is 4.73. The molecule has 6 nitrogen and oxygen atoms in total. The number of aryl methyl sites for hydroxylation is 2. The number of hydrogen-bond donors (Lipinski definition) is 1. The van der Waals surface area contributed by atoms with E-state index in [1.54, 1.807) is 22.9 Å². The van der Waals surface area contributed by atoms with Gasteiger partial charge in [0.2, 0.25) is 0 Å². The topological polar surface area (TPSA) is 81.2 Å². The molecule has 0 saturated heterocycles. The third-order valence-corrected chi connectivity index (χ3v) is 3.60. The van der Waals surface area contributed by atoms with E-state index in [1.807, 2.05) is 19.9 Å². The molecule has 21 heavy (non-hydrogen) atoms. The van der Waals surface area contributed by atoms with Crippen LogP contribution in [0.4, 0.5) is 5.69 Å². The highest BCUT2D eigenvalue weighted by Crippen LogP contribution is 2.26. The molecule has 1 aliphatic heterocycles. The number of fused-ring (bicyclic) bond motifs is 1. The van der Waals surface area contributed by atoms with Crippen molar-refractivity contribution in [2.45, 2.75) is 26.9 Å². The molecule has 2 aromatic rings. The van der Waals surface area contributed by atoms with Crippen molar-refractivity contribution in [2.24, 2.45) is 0 Å². The molecule has 3 rings (SSSR count). The summed E-state index contributed by atoms with van der Waals surface area (Å²) in [7, 11) is 0. The number of carbonyl (C=O) groups is 2. The van der Waals surface area contributed by atoms with Crippen LogP contribution < -0.4 is 5.73 Å². The number of imide groups is 1. The number of nitrogen functional groups attached to an aromatic ring is 1. The summed E-state index contributed by atoms with van der Waals surface area (Å²) in [5.41, 5.74) is 8.67. The summed E-state index contributed by atoms with van der Waals surface area (Å²) in [6, 6.07) is 6.68. The van der Waals surface area contributed by atoms with Crippen molar-refractivity contribution >= 4 is 17.5 Å². The first-order valence-corrected chi connectivity index (χ1v) is 6.80. The van der Waals surface area contributed by atoms with Crippen LogP contribution in [0.3, 0.4) is 0 Å². The summed E-state index contributed by atoms with van der Waals surface area (Å²) in [5, 5.41) is 4.33. The van der Waals surface area contributed by atoms with Crippen LogP contribution in [-0.4, -0.2) is 26.5 Å². The highest BCUT2D eigenvalue weighted by Gasteiger charge is 2.36. The number of benzene rings is 1. The predicted octanol–water partition coefficient (Wildman–Crippen LogP) is 1.59. The molecule has 6 heteroatoms. The van der Waals surface area contributed by atoms with E-state index in [0.29, 0.717) is 23.4 Å². The Labute approximate surface area is 122 Å². The van der Waals surface area contributed by atoms with Crippen LogP contribution in [0.5, 0.6) is 0 Å². The molecule has 108 valence electrons. The molecule has 2 amide bonds. The average Bonchev–Trinajstić information content (AvgIpc) is 2.92. The molecule has 1 aromatic heterocycles. The number of aromatic nitrogens is 2. The SMILES string of the molecule is CCn1nc(C)cc1CN1C(=O)c2ccc(N)cc2C1=O. The lowest BCUT2D eigenvalue weighted by atomic mass is 10.1. The van der Waals surface area contributed by atoms with Gasteiger partial charge in [0.05, 0.1) is 29.1 Å². The highest BCUT2D eigenvalue weighted by atomic mass is 16.2. The molecule has 0 bridgehead atoms. The molecule has 0 spiro atoms. The minimum Gasteiger partial charge on any atom is -0.399 e. The summed E-state index contributed by atoms with van der Waals surface area (Å²) in [5.74, 6) is -0.583. The van der Waals surface area contributed by atoms with Crippen LogP contribution in [0.25, 0.3) is 0 Å². The van der Waals surface area contributed by atoms with Crippen LogP contribution in [0.2, 0.25) is 0 Å². The maximum absolute atomic E-state index is 12.4. The van der Waals surface area contributed by atoms with Crippen molar-refractivity contribution in [3.63, 3.8) is 0 Å². The maximum Gasteiger partial charge on any atom is 0.261 e. The number of nitrogens with zero attached hydrogens (tertiary/aromatic N) is 3. The Morgan fingerprint density at radius 3 is 2.57 bits per heavy atom. The van der Waals surface area contributed by atoms with Crippen LogP contribution in [0.1, 0.15) is 39.0 Å². The zero-order chi connectivity index (χ0) is 15.1. The third-order valence-electron chi connectivity index (χ3n) is 3.60. The van der Waals surface area contributed by atoms with Gasteiger partial charge in [0.15, 0.2) is 0 Å². The maximum atomic E-state index is 12.4. The zero-order valence-corrected chi connectivity index (χ0v) is 12.0. The normalized spacial score (nSPS) is 13.9. The minimum absolute atomic E-state index is 0.223. The second-order valence-electron chi connectivity index (χ2n) is 5.09. The molecule has 0 saturated carbocycles. The van der Waals surface area contributed by atoms with Crippen molar-refractivity contribution in [1.29, 1.82) is 0 Å². The van der Waals surface area contributed by atoms with Crippen LogP contribution >= 0.6 is 0 Å². The standard InChI is InChI=1S/C15H16N4O2/c1-3-19-11(6-9(2)17-19)8-18-14(20)12-5-4-10(16)7-13(12)15(18)21/h4-7H,3,8,16H2,1-2H3. The summed E-state index contributed by atoms with van der Waals surface area (Å²) in [6.07, 6.45) is 0. The third kappa shape index (κ3) is 2.08. The number of hydrogen-bond acceptors (Lipinski definition) is 4. The molecule has 1 aliphatic rings. The zero-order valence-electron chi connectivity index (χ0n) is 12.0. The fourth-order valence-corrected chi connectivity index (χ4v) is 2.61. The van der Waals surface area contributed by atoms with Gasteiger partial charge < -0.3 is 5.73 Å². The lowest BCUT2D eigenvalue weighted by molar-refractivity contribution is 0.0638. The van der Waals surface area contributed by atoms with Gasteiger partial charge in [0, 0.05) is 12.2 Å². The van der Waals surface area contributed by atoms with E-state index < -0.39 is 0 Å². The van der Waals surface area contributed by atoms with Crippen molar-refractivity contribution < 1.29 is 9.59 Å². The molecule has 0 aliphatic carbocycles. The molecule has 0 fully saturated rings. The van der Waals surface area contributed by atoms with E-state index in [0.717, 1.165) is 11.4 Å². The minimum atomic E-state index is -0.302. The van der Waals surface area contributed by atoms with Gasteiger partial charge in [-0.25, -0.2) is 0 Å². The largest absolute Gasteiger partial charge is 0.399 e. The second-order valence-corrected chi connectivity index (χ2v) is 5.09. The number of anilines is 1. The van der Waals surface area contributed by atoms with Crippen molar-refractivity contribution in [3.05, 3.63) is 46.8 Å². The Hall–Kier alpha value is -2.63. The molecule has 2 heterocycles. The van der Waals surface area contributed by atoms with Gasteiger partial charge in [-0.3, -0.25) is 19.2 Å². The van der Waals surface area contributed by atoms with E-state index in [2.05, 4.69) is 5.10 Å². The molecular formula is C15H16N4O2. The first kappa shape index (κ1) is 13.4. The molecular weight excluding hydrogens is 268 g/mol. The van der Waals surface area contributed by atoms with E-state index in [4.69, 9.17) is 5.73 Å². The van der Waals surface area contributed by atoms with Gasteiger partial charge in [-0.15, -0.1) is 0 Å². The Bertz CT molecular complexity index is 748. The summed E-state index contributed by atoms with van der Waals surface area (Å²) >= 11 is 0. The van der Waals surface area contributed by atoms with Gasteiger partial charge >= 0.3 is 0 Å². The number of nitrogens with two attached hydrogens (primary N) is 1. The highest BCUT2D eigenvalue weighted by molar-refractivity contribution is 6.21. The monoisotopic (exact) mass is 284 g/mol. The summed E-state index contributed by atoms with van der Waals surface area (Å²) in [6.45, 7) is 4.78. The fraction of sp³-hybridized carbons (Fsp3) is 0.267. The first-order valence-electron chi connectivity index (χ1n) is 6.80. The van der Waals surface area contributed by atoms with E-state index in [-0.39, 0.29) is 18.4 Å². The van der Waals surface area contributed by atoms with Gasteiger partial charge in [-0.1, -0.05) is 0 Å². The van der Waals surface area contributed by atoms with Gasteiger partial charge in [-0.2, -0.15) is 5.10 Å². The summed E-state index contributed by atoms with van der Waals surface area (Å²) < 4.78 is 1.80. The Kier molecular flexibility index (Phi) is 3.01. The van der Waals surface area contributed by atoms with Crippen LogP contribution in [0.15, 0.2) is 24.3 Å². The smallest absolute Gasteiger partial charge is 0.261 e.